The second-order valence-corrected chi connectivity index (χ2v) is 7.74. The predicted molar refractivity (Wildman–Crippen MR) is 101 cm³/mol. The van der Waals surface area contributed by atoms with Gasteiger partial charge in [-0.05, 0) is 37.3 Å². The van der Waals surface area contributed by atoms with Crippen molar-refractivity contribution >= 4 is 22.7 Å². The van der Waals surface area contributed by atoms with Gasteiger partial charge in [-0.15, -0.1) is 0 Å². The summed E-state index contributed by atoms with van der Waals surface area (Å²) >= 11 is 0. The van der Waals surface area contributed by atoms with Gasteiger partial charge in [0.2, 0.25) is 6.10 Å². The van der Waals surface area contributed by atoms with Crippen LogP contribution in [0.25, 0.3) is 11.0 Å². The number of H-pyrrole nitrogens is 1. The van der Waals surface area contributed by atoms with E-state index in [2.05, 4.69) is 35.4 Å². The lowest BCUT2D eigenvalue weighted by atomic mass is 9.85. The zero-order valence-corrected chi connectivity index (χ0v) is 15.4. The molecule has 2 aliphatic rings. The van der Waals surface area contributed by atoms with E-state index in [0.29, 0.717) is 18.3 Å². The molecule has 1 aromatic heterocycles. The largest absolute Gasteiger partial charge is 0.382 e. The first-order valence-electron chi connectivity index (χ1n) is 9.57. The molecular formula is C20H26N4O2. The molecule has 1 saturated carbocycles. The number of fused-ring (bicyclic) bond motifs is 1. The summed E-state index contributed by atoms with van der Waals surface area (Å²) in [6, 6.07) is 8.27. The highest BCUT2D eigenvalue weighted by atomic mass is 16.6. The van der Waals surface area contributed by atoms with E-state index in [-0.39, 0.29) is 11.9 Å². The minimum absolute atomic E-state index is 0.0420. The summed E-state index contributed by atoms with van der Waals surface area (Å²) < 4.78 is 0. The molecule has 1 aromatic carbocycles. The minimum Gasteiger partial charge on any atom is -0.382 e. The van der Waals surface area contributed by atoms with Gasteiger partial charge < -0.3 is 15.1 Å². The number of nitrogens with one attached hydrogen (secondary N) is 2. The van der Waals surface area contributed by atoms with Gasteiger partial charge in [0.1, 0.15) is 5.82 Å². The lowest BCUT2D eigenvalue weighted by Gasteiger charge is -2.29. The van der Waals surface area contributed by atoms with E-state index < -0.39 is 6.10 Å². The normalized spacial score (nSPS) is 26.0. The molecule has 2 N–H and O–H groups in total. The number of hydrogen-bond acceptors (Lipinski definition) is 4. The first-order chi connectivity index (χ1) is 12.6. The highest BCUT2D eigenvalue weighted by Gasteiger charge is 2.32. The van der Waals surface area contributed by atoms with Gasteiger partial charge in [-0.2, -0.15) is 0 Å². The summed E-state index contributed by atoms with van der Waals surface area (Å²) in [4.78, 5) is 26.1. The summed E-state index contributed by atoms with van der Waals surface area (Å²) in [5.74, 6) is 1.67. The maximum atomic E-state index is 12.5. The van der Waals surface area contributed by atoms with Crippen LogP contribution in [0.5, 0.6) is 0 Å². The molecule has 0 spiro atoms. The van der Waals surface area contributed by atoms with Gasteiger partial charge in [0, 0.05) is 18.4 Å². The third-order valence-electron chi connectivity index (χ3n) is 5.47. The second-order valence-electron chi connectivity index (χ2n) is 7.74. The van der Waals surface area contributed by atoms with Crippen LogP contribution in [0.15, 0.2) is 29.4 Å². The molecule has 0 radical (unpaired) electrons. The van der Waals surface area contributed by atoms with Crippen LogP contribution in [0.4, 0.5) is 0 Å². The third-order valence-corrected chi connectivity index (χ3v) is 5.47. The maximum absolute atomic E-state index is 12.5. The van der Waals surface area contributed by atoms with Gasteiger partial charge in [0.25, 0.3) is 5.91 Å². The number of rotatable bonds is 4. The summed E-state index contributed by atoms with van der Waals surface area (Å²) in [6.45, 7) is 4.14. The van der Waals surface area contributed by atoms with Gasteiger partial charge >= 0.3 is 0 Å². The fourth-order valence-corrected chi connectivity index (χ4v) is 3.91. The smallest absolute Gasteiger partial charge is 0.264 e. The van der Waals surface area contributed by atoms with Crippen molar-refractivity contribution in [3.63, 3.8) is 0 Å². The van der Waals surface area contributed by atoms with E-state index in [0.717, 1.165) is 48.3 Å². The van der Waals surface area contributed by atoms with Gasteiger partial charge in [0.05, 0.1) is 16.7 Å². The van der Waals surface area contributed by atoms with E-state index in [1.165, 1.54) is 0 Å². The average Bonchev–Trinajstić information content (AvgIpc) is 3.29. The van der Waals surface area contributed by atoms with Gasteiger partial charge in [-0.1, -0.05) is 37.6 Å². The van der Waals surface area contributed by atoms with E-state index >= 15 is 0 Å². The number of imidazole rings is 1. The Bertz CT molecular complexity index is 793. The average molecular weight is 354 g/mol. The number of para-hydroxylation sites is 2. The summed E-state index contributed by atoms with van der Waals surface area (Å²) in [5.41, 5.74) is 3.05. The fourth-order valence-electron chi connectivity index (χ4n) is 3.91. The van der Waals surface area contributed by atoms with Crippen LogP contribution in [0.2, 0.25) is 0 Å². The summed E-state index contributed by atoms with van der Waals surface area (Å²) in [5, 5.41) is 7.23. The number of aromatic amines is 1. The fraction of sp³-hybridized carbons (Fsp3) is 0.550. The third kappa shape index (κ3) is 3.45. The molecule has 3 atom stereocenters. The van der Waals surface area contributed by atoms with E-state index in [4.69, 9.17) is 9.82 Å². The minimum atomic E-state index is -0.473. The monoisotopic (exact) mass is 354 g/mol. The lowest BCUT2D eigenvalue weighted by Crippen LogP contribution is -2.43. The Morgan fingerprint density at radius 1 is 1.31 bits per heavy atom. The SMILES string of the molecule is CC(C)C1=NOC(C(=O)NC2CCCC(c3nc4ccccc4[nH]3)C2)C1. The van der Waals surface area contributed by atoms with Crippen molar-refractivity contribution in [2.45, 2.75) is 64.0 Å². The molecule has 3 unspecified atom stereocenters. The molecule has 1 amide bonds. The first kappa shape index (κ1) is 17.1. The standard InChI is InChI=1S/C20H26N4O2/c1-12(2)17-11-18(26-24-17)20(25)21-14-7-5-6-13(10-14)19-22-15-8-3-4-9-16(15)23-19/h3-4,8-9,12-14,18H,5-7,10-11H2,1-2H3,(H,21,25)(H,22,23). The lowest BCUT2D eigenvalue weighted by molar-refractivity contribution is -0.132. The van der Waals surface area contributed by atoms with Crippen molar-refractivity contribution in [1.29, 1.82) is 0 Å². The Balaban J connectivity index is 1.37. The Labute approximate surface area is 153 Å². The Morgan fingerprint density at radius 2 is 2.15 bits per heavy atom. The Morgan fingerprint density at radius 3 is 2.92 bits per heavy atom. The van der Waals surface area contributed by atoms with Crippen molar-refractivity contribution in [2.24, 2.45) is 11.1 Å². The second kappa shape index (κ2) is 7.09. The van der Waals surface area contributed by atoms with Crippen LogP contribution in [0, 0.1) is 5.92 Å². The molecule has 4 rings (SSSR count). The molecule has 2 heterocycles. The molecule has 6 heteroatoms. The van der Waals surface area contributed by atoms with Crippen LogP contribution in [-0.4, -0.2) is 33.7 Å². The van der Waals surface area contributed by atoms with E-state index in [1.807, 2.05) is 18.2 Å². The van der Waals surface area contributed by atoms with Gasteiger partial charge in [0.15, 0.2) is 0 Å². The van der Waals surface area contributed by atoms with Crippen molar-refractivity contribution in [2.75, 3.05) is 0 Å². The van der Waals surface area contributed by atoms with Crippen LogP contribution in [0.3, 0.4) is 0 Å². The zero-order chi connectivity index (χ0) is 18.1. The molecule has 138 valence electrons. The number of aromatic nitrogens is 2. The molecule has 0 bridgehead atoms. The summed E-state index contributed by atoms with van der Waals surface area (Å²) in [7, 11) is 0. The van der Waals surface area contributed by atoms with Crippen molar-refractivity contribution in [3.8, 4) is 0 Å². The Hall–Kier alpha value is -2.37. The van der Waals surface area contributed by atoms with Crippen LogP contribution >= 0.6 is 0 Å². The number of benzene rings is 1. The number of nitrogens with zero attached hydrogens (tertiary/aromatic N) is 2. The predicted octanol–water partition coefficient (Wildman–Crippen LogP) is 3.51. The molecular weight excluding hydrogens is 328 g/mol. The molecule has 1 aliphatic carbocycles. The van der Waals surface area contributed by atoms with Crippen LogP contribution < -0.4 is 5.32 Å². The van der Waals surface area contributed by atoms with Gasteiger partial charge in [-0.25, -0.2) is 4.98 Å². The Kier molecular flexibility index (Phi) is 4.66. The highest BCUT2D eigenvalue weighted by molar-refractivity contribution is 5.93. The van der Waals surface area contributed by atoms with E-state index in [9.17, 15) is 4.79 Å². The summed E-state index contributed by atoms with van der Waals surface area (Å²) in [6.07, 6.45) is 4.24. The zero-order valence-electron chi connectivity index (χ0n) is 15.4. The molecule has 0 saturated heterocycles. The van der Waals surface area contributed by atoms with E-state index in [1.54, 1.807) is 0 Å². The maximum Gasteiger partial charge on any atom is 0.264 e. The molecule has 26 heavy (non-hydrogen) atoms. The number of carbonyl (C=O) groups is 1. The molecule has 6 nitrogen and oxygen atoms in total. The van der Waals surface area contributed by atoms with Crippen molar-refractivity contribution < 1.29 is 9.63 Å². The van der Waals surface area contributed by atoms with Crippen LogP contribution in [0.1, 0.15) is 57.7 Å². The number of hydrogen-bond donors (Lipinski definition) is 2. The van der Waals surface area contributed by atoms with Gasteiger partial charge in [-0.3, -0.25) is 4.79 Å². The molecule has 2 aromatic rings. The number of oxime groups is 1. The van der Waals surface area contributed by atoms with Crippen molar-refractivity contribution in [1.82, 2.24) is 15.3 Å². The molecule has 1 fully saturated rings. The van der Waals surface area contributed by atoms with Crippen LogP contribution in [-0.2, 0) is 9.63 Å². The topological polar surface area (TPSA) is 79.4 Å². The van der Waals surface area contributed by atoms with Crippen molar-refractivity contribution in [3.05, 3.63) is 30.1 Å². The first-order valence-corrected chi connectivity index (χ1v) is 9.57. The highest BCUT2D eigenvalue weighted by Crippen LogP contribution is 2.32. The quantitative estimate of drug-likeness (QED) is 0.882. The number of carbonyl (C=O) groups excluding carboxylic acids is 1. The number of amides is 1. The molecule has 1 aliphatic heterocycles.